The van der Waals surface area contributed by atoms with Crippen LogP contribution < -0.4 is 10.1 Å². The van der Waals surface area contributed by atoms with Crippen molar-refractivity contribution in [1.82, 2.24) is 14.5 Å². The highest BCUT2D eigenvalue weighted by Gasteiger charge is 2.21. The fourth-order valence-corrected chi connectivity index (χ4v) is 4.57. The van der Waals surface area contributed by atoms with E-state index in [1.54, 1.807) is 29.9 Å². The summed E-state index contributed by atoms with van der Waals surface area (Å²) in [5, 5.41) is 7.02. The predicted octanol–water partition coefficient (Wildman–Crippen LogP) is 7.09. The molecule has 0 aliphatic rings. The van der Waals surface area contributed by atoms with Crippen LogP contribution in [0.4, 0.5) is 10.8 Å². The third-order valence-electron chi connectivity index (χ3n) is 4.65. The molecule has 6 nitrogen and oxygen atoms in total. The van der Waals surface area contributed by atoms with Crippen LogP contribution in [0, 0.1) is 6.92 Å². The first-order valence-electron chi connectivity index (χ1n) is 9.33. The Balaban J connectivity index is 1.56. The van der Waals surface area contributed by atoms with E-state index in [4.69, 9.17) is 42.4 Å². The van der Waals surface area contributed by atoms with E-state index in [1.807, 2.05) is 42.6 Å². The molecule has 5 aromatic rings. The third-order valence-corrected chi connectivity index (χ3v) is 5.85. The molecular formula is C22H16Cl2N4O2S. The lowest BCUT2D eigenvalue weighted by Crippen LogP contribution is -1.91. The van der Waals surface area contributed by atoms with Gasteiger partial charge in [-0.25, -0.2) is 9.97 Å². The first-order valence-corrected chi connectivity index (χ1v) is 11.0. The zero-order valence-electron chi connectivity index (χ0n) is 16.5. The van der Waals surface area contributed by atoms with Gasteiger partial charge < -0.3 is 14.6 Å². The van der Waals surface area contributed by atoms with Crippen LogP contribution in [0.2, 0.25) is 10.0 Å². The quantitative estimate of drug-likeness (QED) is 0.297. The van der Waals surface area contributed by atoms with Gasteiger partial charge in [-0.3, -0.25) is 0 Å². The van der Waals surface area contributed by atoms with E-state index in [1.165, 1.54) is 11.3 Å². The Bertz CT molecular complexity index is 1370. The number of rotatable bonds is 5. The minimum absolute atomic E-state index is 0.554. The summed E-state index contributed by atoms with van der Waals surface area (Å²) in [6, 6.07) is 14.9. The first kappa shape index (κ1) is 19.9. The molecule has 0 radical (unpaired) electrons. The Morgan fingerprint density at radius 3 is 2.48 bits per heavy atom. The van der Waals surface area contributed by atoms with Crippen molar-refractivity contribution in [2.45, 2.75) is 6.92 Å². The van der Waals surface area contributed by atoms with Gasteiger partial charge in [0.1, 0.15) is 28.6 Å². The number of methoxy groups -OCH3 is 1. The highest BCUT2D eigenvalue weighted by atomic mass is 35.5. The van der Waals surface area contributed by atoms with Gasteiger partial charge in [0.2, 0.25) is 0 Å². The van der Waals surface area contributed by atoms with E-state index < -0.39 is 0 Å². The number of nitrogens with one attached hydrogen (secondary N) is 1. The summed E-state index contributed by atoms with van der Waals surface area (Å²) in [6.45, 7) is 1.90. The fraction of sp³-hybridized carbons (Fsp3) is 0.0909. The van der Waals surface area contributed by atoms with Gasteiger partial charge in [0, 0.05) is 32.7 Å². The number of nitrogens with zero attached hydrogens (tertiary/aromatic N) is 3. The van der Waals surface area contributed by atoms with Gasteiger partial charge in [-0.1, -0.05) is 23.2 Å². The fourth-order valence-electron chi connectivity index (χ4n) is 3.33. The molecule has 0 aliphatic carbocycles. The van der Waals surface area contributed by atoms with Crippen molar-refractivity contribution < 1.29 is 9.26 Å². The van der Waals surface area contributed by atoms with Crippen LogP contribution in [-0.4, -0.2) is 21.7 Å². The molecule has 2 aromatic carbocycles. The molecule has 156 valence electrons. The maximum absolute atomic E-state index is 6.10. The summed E-state index contributed by atoms with van der Waals surface area (Å²) in [5.41, 5.74) is 4.74. The van der Waals surface area contributed by atoms with Crippen LogP contribution in [0.25, 0.3) is 28.3 Å². The second-order valence-corrected chi connectivity index (χ2v) is 8.59. The van der Waals surface area contributed by atoms with Gasteiger partial charge in [0.25, 0.3) is 0 Å². The summed E-state index contributed by atoms with van der Waals surface area (Å²) in [4.78, 5) is 9.51. The number of aryl methyl sites for hydroxylation is 1. The van der Waals surface area contributed by atoms with Crippen LogP contribution in [-0.2, 0) is 0 Å². The lowest BCUT2D eigenvalue weighted by Gasteiger charge is -2.05. The Morgan fingerprint density at radius 2 is 1.77 bits per heavy atom. The third kappa shape index (κ3) is 3.87. The van der Waals surface area contributed by atoms with E-state index in [2.05, 4.69) is 5.32 Å². The Kier molecular flexibility index (Phi) is 5.09. The number of hydrogen-bond donors (Lipinski definition) is 1. The second kappa shape index (κ2) is 7.92. The molecule has 0 saturated carbocycles. The molecule has 0 spiro atoms. The normalized spacial score (nSPS) is 11.2. The minimum atomic E-state index is 0.554. The van der Waals surface area contributed by atoms with E-state index in [9.17, 15) is 0 Å². The minimum Gasteiger partial charge on any atom is -0.497 e. The van der Waals surface area contributed by atoms with Crippen LogP contribution in [0.1, 0.15) is 5.76 Å². The van der Waals surface area contributed by atoms with Gasteiger partial charge in [-0.05, 0) is 49.4 Å². The lowest BCUT2D eigenvalue weighted by molar-refractivity contribution is 0.361. The zero-order valence-corrected chi connectivity index (χ0v) is 18.8. The molecule has 1 N–H and O–H groups in total. The molecular weight excluding hydrogens is 455 g/mol. The van der Waals surface area contributed by atoms with Gasteiger partial charge in [0.15, 0.2) is 10.8 Å². The number of anilines is 2. The number of thiazole rings is 1. The zero-order chi connectivity index (χ0) is 21.5. The van der Waals surface area contributed by atoms with Crippen LogP contribution >= 0.6 is 34.5 Å². The summed E-state index contributed by atoms with van der Waals surface area (Å²) in [5.74, 6) is 1.56. The van der Waals surface area contributed by atoms with Crippen molar-refractivity contribution in [3.05, 3.63) is 69.7 Å². The molecule has 3 heterocycles. The number of hydrogen-bond acceptors (Lipinski definition) is 6. The Morgan fingerprint density at radius 1 is 1.03 bits per heavy atom. The monoisotopic (exact) mass is 470 g/mol. The van der Waals surface area contributed by atoms with Gasteiger partial charge in [-0.2, -0.15) is 4.57 Å². The standard InChI is InChI=1S/C22H16Cl2N4O2S/c1-12-7-19-27-20(21(28(19)30-12)13-3-5-17(29-2)6-4-13)18-11-31-22(26-18)25-16-9-14(23)8-15(24)10-16/h3-11H,1-2H3,(H,25,26). The number of fused-ring (bicyclic) bond motifs is 1. The van der Waals surface area contributed by atoms with E-state index >= 15 is 0 Å². The van der Waals surface area contributed by atoms with Crippen molar-refractivity contribution in [2.24, 2.45) is 0 Å². The molecule has 0 fully saturated rings. The average Bonchev–Trinajstić information content (AvgIpc) is 3.41. The molecule has 0 bridgehead atoms. The smallest absolute Gasteiger partial charge is 0.187 e. The Hall–Kier alpha value is -3.00. The number of imidazole rings is 1. The largest absolute Gasteiger partial charge is 0.497 e. The SMILES string of the molecule is COc1ccc(-c2c(-c3csc(Nc4cc(Cl)cc(Cl)c4)n3)nc3cc(C)on23)cc1. The summed E-state index contributed by atoms with van der Waals surface area (Å²) in [7, 11) is 1.64. The van der Waals surface area contributed by atoms with E-state index in [0.29, 0.717) is 15.2 Å². The van der Waals surface area contributed by atoms with Gasteiger partial charge in [-0.15, -0.1) is 11.3 Å². The molecule has 0 amide bonds. The maximum Gasteiger partial charge on any atom is 0.187 e. The highest BCUT2D eigenvalue weighted by Crippen LogP contribution is 2.36. The molecule has 31 heavy (non-hydrogen) atoms. The van der Waals surface area contributed by atoms with Gasteiger partial charge in [0.05, 0.1) is 7.11 Å². The van der Waals surface area contributed by atoms with Crippen molar-refractivity contribution in [3.8, 4) is 28.4 Å². The molecule has 0 saturated heterocycles. The van der Waals surface area contributed by atoms with E-state index in [0.717, 1.165) is 45.5 Å². The van der Waals surface area contributed by atoms with Crippen LogP contribution in [0.3, 0.4) is 0 Å². The number of benzene rings is 2. The second-order valence-electron chi connectivity index (χ2n) is 6.86. The number of aromatic nitrogens is 3. The molecule has 0 aliphatic heterocycles. The van der Waals surface area contributed by atoms with Crippen molar-refractivity contribution in [2.75, 3.05) is 12.4 Å². The maximum atomic E-state index is 6.10. The molecule has 0 unspecified atom stereocenters. The van der Waals surface area contributed by atoms with E-state index in [-0.39, 0.29) is 0 Å². The summed E-state index contributed by atoms with van der Waals surface area (Å²) >= 11 is 13.7. The van der Waals surface area contributed by atoms with Gasteiger partial charge >= 0.3 is 0 Å². The highest BCUT2D eigenvalue weighted by molar-refractivity contribution is 7.14. The van der Waals surface area contributed by atoms with Crippen LogP contribution in [0.15, 0.2) is 58.4 Å². The van der Waals surface area contributed by atoms with Crippen molar-refractivity contribution in [1.29, 1.82) is 0 Å². The summed E-state index contributed by atoms with van der Waals surface area (Å²) < 4.78 is 12.9. The average molecular weight is 471 g/mol. The molecule has 9 heteroatoms. The predicted molar refractivity (Wildman–Crippen MR) is 125 cm³/mol. The molecule has 5 rings (SSSR count). The van der Waals surface area contributed by atoms with Crippen molar-refractivity contribution >= 4 is 51.0 Å². The molecule has 0 atom stereocenters. The topological polar surface area (TPSA) is 64.6 Å². The number of halogens is 2. The Labute approximate surface area is 192 Å². The lowest BCUT2D eigenvalue weighted by atomic mass is 10.1. The summed E-state index contributed by atoms with van der Waals surface area (Å²) in [6.07, 6.45) is 0. The number of ether oxygens (including phenoxy) is 1. The van der Waals surface area contributed by atoms with Crippen molar-refractivity contribution in [3.63, 3.8) is 0 Å². The first-order chi connectivity index (χ1) is 15.0. The molecule has 3 aromatic heterocycles. The van der Waals surface area contributed by atoms with Crippen LogP contribution in [0.5, 0.6) is 5.75 Å².